The molecule has 0 saturated heterocycles. The predicted molar refractivity (Wildman–Crippen MR) is 67.6 cm³/mol. The standard InChI is InChI=1S/C14H15FN2O/c1-10-4-5-16-8-12(10)9-17-7-11-2-3-14(18)13(15)6-11/h2-6,8,17-18H,7,9H2,1H3. The summed E-state index contributed by atoms with van der Waals surface area (Å²) >= 11 is 0. The zero-order valence-electron chi connectivity index (χ0n) is 10.2. The Bertz CT molecular complexity index is 543. The third-order valence-corrected chi connectivity index (χ3v) is 2.80. The van der Waals surface area contributed by atoms with Crippen molar-refractivity contribution in [3.05, 3.63) is 59.2 Å². The van der Waals surface area contributed by atoms with E-state index < -0.39 is 5.82 Å². The maximum absolute atomic E-state index is 13.1. The highest BCUT2D eigenvalue weighted by Crippen LogP contribution is 2.16. The lowest BCUT2D eigenvalue weighted by Gasteiger charge is -2.07. The molecule has 0 amide bonds. The highest BCUT2D eigenvalue weighted by Gasteiger charge is 2.02. The summed E-state index contributed by atoms with van der Waals surface area (Å²) in [5.74, 6) is -0.909. The number of phenols is 1. The molecule has 0 radical (unpaired) electrons. The Morgan fingerprint density at radius 1 is 1.28 bits per heavy atom. The third kappa shape index (κ3) is 3.05. The van der Waals surface area contributed by atoms with Crippen LogP contribution in [0.15, 0.2) is 36.7 Å². The van der Waals surface area contributed by atoms with Crippen molar-refractivity contribution in [3.8, 4) is 5.75 Å². The molecule has 0 saturated carbocycles. The first-order chi connectivity index (χ1) is 8.66. The Labute approximate surface area is 105 Å². The van der Waals surface area contributed by atoms with Gasteiger partial charge in [-0.25, -0.2) is 4.39 Å². The number of aryl methyl sites for hydroxylation is 1. The van der Waals surface area contributed by atoms with Gasteiger partial charge in [-0.1, -0.05) is 6.07 Å². The summed E-state index contributed by atoms with van der Waals surface area (Å²) in [5, 5.41) is 12.3. The molecule has 0 aliphatic heterocycles. The number of phenolic OH excluding ortho intramolecular Hbond substituents is 1. The Balaban J connectivity index is 1.92. The van der Waals surface area contributed by atoms with Gasteiger partial charge < -0.3 is 10.4 Å². The van der Waals surface area contributed by atoms with Gasteiger partial charge in [-0.3, -0.25) is 4.98 Å². The van der Waals surface area contributed by atoms with Gasteiger partial charge >= 0.3 is 0 Å². The lowest BCUT2D eigenvalue weighted by Crippen LogP contribution is -2.13. The Morgan fingerprint density at radius 3 is 2.83 bits per heavy atom. The maximum Gasteiger partial charge on any atom is 0.165 e. The molecule has 0 bridgehead atoms. The molecule has 0 unspecified atom stereocenters. The van der Waals surface area contributed by atoms with E-state index in [2.05, 4.69) is 10.3 Å². The number of aromatic hydroxyl groups is 1. The number of hydrogen-bond donors (Lipinski definition) is 2. The van der Waals surface area contributed by atoms with Crippen molar-refractivity contribution in [1.82, 2.24) is 10.3 Å². The minimum Gasteiger partial charge on any atom is -0.505 e. The highest BCUT2D eigenvalue weighted by atomic mass is 19.1. The smallest absolute Gasteiger partial charge is 0.165 e. The highest BCUT2D eigenvalue weighted by molar-refractivity contribution is 5.28. The quantitative estimate of drug-likeness (QED) is 0.871. The summed E-state index contributed by atoms with van der Waals surface area (Å²) in [6.07, 6.45) is 3.58. The number of rotatable bonds is 4. The van der Waals surface area contributed by atoms with Crippen molar-refractivity contribution in [3.63, 3.8) is 0 Å². The number of nitrogens with zero attached hydrogens (tertiary/aromatic N) is 1. The molecule has 1 aromatic carbocycles. The van der Waals surface area contributed by atoms with Gasteiger partial charge in [-0.2, -0.15) is 0 Å². The van der Waals surface area contributed by atoms with Crippen LogP contribution in [0.4, 0.5) is 4.39 Å². The molecule has 0 aliphatic carbocycles. The van der Waals surface area contributed by atoms with Gasteiger partial charge in [-0.15, -0.1) is 0 Å². The molecule has 4 heteroatoms. The van der Waals surface area contributed by atoms with E-state index in [4.69, 9.17) is 5.11 Å². The van der Waals surface area contributed by atoms with Gasteiger partial charge in [-0.05, 0) is 41.8 Å². The molecule has 0 atom stereocenters. The molecule has 2 N–H and O–H groups in total. The van der Waals surface area contributed by atoms with Crippen molar-refractivity contribution in [2.24, 2.45) is 0 Å². The Morgan fingerprint density at radius 2 is 2.11 bits per heavy atom. The molecule has 2 rings (SSSR count). The summed E-state index contributed by atoms with van der Waals surface area (Å²) in [6, 6.07) is 6.35. The van der Waals surface area contributed by atoms with Gasteiger partial charge in [0.15, 0.2) is 11.6 Å². The van der Waals surface area contributed by atoms with Gasteiger partial charge in [0, 0.05) is 25.5 Å². The molecule has 94 valence electrons. The average Bonchev–Trinajstić information content (AvgIpc) is 2.36. The van der Waals surface area contributed by atoms with Crippen LogP contribution >= 0.6 is 0 Å². The van der Waals surface area contributed by atoms with Crippen LogP contribution in [0.3, 0.4) is 0 Å². The van der Waals surface area contributed by atoms with E-state index in [-0.39, 0.29) is 5.75 Å². The second-order valence-electron chi connectivity index (χ2n) is 4.19. The van der Waals surface area contributed by atoms with Gasteiger partial charge in [0.2, 0.25) is 0 Å². The fourth-order valence-electron chi connectivity index (χ4n) is 1.68. The van der Waals surface area contributed by atoms with Crippen LogP contribution in [0.25, 0.3) is 0 Å². The number of pyridine rings is 1. The molecular weight excluding hydrogens is 231 g/mol. The largest absolute Gasteiger partial charge is 0.505 e. The van der Waals surface area contributed by atoms with E-state index in [0.717, 1.165) is 11.1 Å². The summed E-state index contributed by atoms with van der Waals surface area (Å²) < 4.78 is 13.1. The molecule has 2 aromatic rings. The molecule has 0 spiro atoms. The Kier molecular flexibility index (Phi) is 3.89. The molecule has 3 nitrogen and oxygen atoms in total. The summed E-state index contributed by atoms with van der Waals surface area (Å²) in [7, 11) is 0. The van der Waals surface area contributed by atoms with Gasteiger partial charge in [0.25, 0.3) is 0 Å². The maximum atomic E-state index is 13.1. The van der Waals surface area contributed by atoms with Gasteiger partial charge in [0.05, 0.1) is 0 Å². The summed E-state index contributed by atoms with van der Waals surface area (Å²) in [5.41, 5.74) is 3.10. The number of hydrogen-bond acceptors (Lipinski definition) is 3. The molecule has 0 fully saturated rings. The number of nitrogens with one attached hydrogen (secondary N) is 1. The van der Waals surface area contributed by atoms with Crippen LogP contribution in [-0.2, 0) is 13.1 Å². The van der Waals surface area contributed by atoms with Crippen LogP contribution in [0.5, 0.6) is 5.75 Å². The summed E-state index contributed by atoms with van der Waals surface area (Å²) in [4.78, 5) is 4.06. The first-order valence-corrected chi connectivity index (χ1v) is 5.74. The first-order valence-electron chi connectivity index (χ1n) is 5.74. The number of aromatic nitrogens is 1. The molecule has 1 aromatic heterocycles. The van der Waals surface area contributed by atoms with Crippen molar-refractivity contribution >= 4 is 0 Å². The van der Waals surface area contributed by atoms with E-state index in [1.807, 2.05) is 19.2 Å². The van der Waals surface area contributed by atoms with E-state index >= 15 is 0 Å². The second-order valence-corrected chi connectivity index (χ2v) is 4.19. The van der Waals surface area contributed by atoms with Crippen LogP contribution in [0.1, 0.15) is 16.7 Å². The van der Waals surface area contributed by atoms with E-state index in [1.165, 1.54) is 17.7 Å². The predicted octanol–water partition coefficient (Wildman–Crippen LogP) is 2.52. The third-order valence-electron chi connectivity index (χ3n) is 2.80. The fourth-order valence-corrected chi connectivity index (χ4v) is 1.68. The van der Waals surface area contributed by atoms with E-state index in [9.17, 15) is 4.39 Å². The second kappa shape index (κ2) is 5.60. The Hall–Kier alpha value is -1.94. The first kappa shape index (κ1) is 12.5. The zero-order chi connectivity index (χ0) is 13.0. The van der Waals surface area contributed by atoms with Crippen molar-refractivity contribution in [1.29, 1.82) is 0 Å². The minimum atomic E-state index is -0.591. The van der Waals surface area contributed by atoms with Crippen LogP contribution < -0.4 is 5.32 Å². The lowest BCUT2D eigenvalue weighted by molar-refractivity contribution is 0.431. The van der Waals surface area contributed by atoms with Crippen LogP contribution in [0, 0.1) is 12.7 Å². The van der Waals surface area contributed by atoms with Crippen LogP contribution in [0.2, 0.25) is 0 Å². The minimum absolute atomic E-state index is 0.318. The number of halogens is 1. The zero-order valence-corrected chi connectivity index (χ0v) is 10.2. The molecular formula is C14H15FN2O. The SMILES string of the molecule is Cc1ccncc1CNCc1ccc(O)c(F)c1. The topological polar surface area (TPSA) is 45.2 Å². The normalized spacial score (nSPS) is 10.6. The van der Waals surface area contributed by atoms with Crippen molar-refractivity contribution in [2.45, 2.75) is 20.0 Å². The lowest BCUT2D eigenvalue weighted by atomic mass is 10.1. The molecule has 0 aliphatic rings. The van der Waals surface area contributed by atoms with Crippen molar-refractivity contribution < 1.29 is 9.50 Å². The van der Waals surface area contributed by atoms with Crippen molar-refractivity contribution in [2.75, 3.05) is 0 Å². The van der Waals surface area contributed by atoms with E-state index in [0.29, 0.717) is 13.1 Å². The van der Waals surface area contributed by atoms with Gasteiger partial charge in [0.1, 0.15) is 0 Å². The average molecular weight is 246 g/mol. The molecule has 1 heterocycles. The monoisotopic (exact) mass is 246 g/mol. The fraction of sp³-hybridized carbons (Fsp3) is 0.214. The summed E-state index contributed by atoms with van der Waals surface area (Å²) in [6.45, 7) is 3.26. The number of benzene rings is 1. The van der Waals surface area contributed by atoms with Crippen LogP contribution in [-0.4, -0.2) is 10.1 Å². The molecule has 18 heavy (non-hydrogen) atoms. The van der Waals surface area contributed by atoms with E-state index in [1.54, 1.807) is 12.3 Å².